The molecule has 0 radical (unpaired) electrons. The lowest BCUT2D eigenvalue weighted by Crippen LogP contribution is -3.00. The molecule has 1 aromatic heterocycles. The number of aromatic amines is 1. The molecule has 2 rings (SSSR count). The van der Waals surface area contributed by atoms with Gasteiger partial charge in [-0.3, -0.25) is 5.73 Å². The van der Waals surface area contributed by atoms with Gasteiger partial charge in [0, 0.05) is 5.56 Å². The largest absolute Gasteiger partial charge is 1.00 e. The summed E-state index contributed by atoms with van der Waals surface area (Å²) in [4.78, 5) is 0. The van der Waals surface area contributed by atoms with E-state index in [9.17, 15) is 0 Å². The maximum atomic E-state index is 5.68. The molecule has 2 aromatic rings. The van der Waals surface area contributed by atoms with Crippen LogP contribution in [0.5, 0.6) is 0 Å². The van der Waals surface area contributed by atoms with Crippen molar-refractivity contribution >= 4 is 11.5 Å². The van der Waals surface area contributed by atoms with E-state index in [0.29, 0.717) is 5.69 Å². The van der Waals surface area contributed by atoms with Crippen LogP contribution < -0.4 is 41.0 Å². The molecule has 0 aliphatic carbocycles. The Bertz CT molecular complexity index is 428. The number of halogens is 2. The van der Waals surface area contributed by atoms with E-state index in [2.05, 4.69) is 23.0 Å². The fourth-order valence-electron chi connectivity index (χ4n) is 1.37. The van der Waals surface area contributed by atoms with Crippen molar-refractivity contribution in [2.75, 3.05) is 5.73 Å². The van der Waals surface area contributed by atoms with Crippen LogP contribution in [-0.2, 0) is 6.54 Å². The smallest absolute Gasteiger partial charge is 0.412 e. The van der Waals surface area contributed by atoms with Crippen LogP contribution in [0.15, 0.2) is 36.5 Å². The van der Waals surface area contributed by atoms with Crippen LogP contribution in [0.4, 0.5) is 11.5 Å². The number of hydrogen-bond donors (Lipinski definition) is 3. The molecule has 16 heavy (non-hydrogen) atoms. The van der Waals surface area contributed by atoms with Gasteiger partial charge in [-0.05, 0) is 0 Å². The molecular formula is C10H14Cl2N4. The van der Waals surface area contributed by atoms with Gasteiger partial charge in [0.05, 0.1) is 6.20 Å². The number of anilines is 1. The summed E-state index contributed by atoms with van der Waals surface area (Å²) in [5.74, 6) is 0.828. The molecule has 0 aliphatic rings. The third kappa shape index (κ3) is 3.13. The molecule has 1 aromatic carbocycles. The molecule has 0 saturated heterocycles. The first kappa shape index (κ1) is 14.8. The normalized spacial score (nSPS) is 9.06. The molecule has 0 atom stereocenters. The second kappa shape index (κ2) is 6.37. The number of nitrogens with one attached hydrogen (secondary N) is 1. The number of nitrogen functional groups attached to an aromatic ring is 1. The van der Waals surface area contributed by atoms with Gasteiger partial charge in [0.2, 0.25) is 6.54 Å². The molecule has 0 bridgehead atoms. The van der Waals surface area contributed by atoms with Crippen LogP contribution in [0.25, 0.3) is 0 Å². The van der Waals surface area contributed by atoms with Gasteiger partial charge in [-0.25, -0.2) is 0 Å². The van der Waals surface area contributed by atoms with E-state index >= 15 is 0 Å². The second-order valence-corrected chi connectivity index (χ2v) is 3.25. The second-order valence-electron chi connectivity index (χ2n) is 3.25. The van der Waals surface area contributed by atoms with Crippen LogP contribution in [0, 0.1) is 0 Å². The van der Waals surface area contributed by atoms with Crippen LogP contribution in [0.2, 0.25) is 0 Å². The molecule has 0 fully saturated rings. The van der Waals surface area contributed by atoms with Crippen molar-refractivity contribution in [1.82, 2.24) is 5.10 Å². The van der Waals surface area contributed by atoms with E-state index < -0.39 is 0 Å². The Kier molecular flexibility index (Phi) is 5.88. The predicted molar refractivity (Wildman–Crippen MR) is 53.5 cm³/mol. The summed E-state index contributed by atoms with van der Waals surface area (Å²) in [6.07, 6.45) is 1.76. The zero-order chi connectivity index (χ0) is 9.97. The van der Waals surface area contributed by atoms with Gasteiger partial charge in [-0.2, -0.15) is 5.10 Å². The number of hydrogen-bond acceptors (Lipinski definition) is 1. The van der Waals surface area contributed by atoms with Crippen molar-refractivity contribution in [2.24, 2.45) is 0 Å². The van der Waals surface area contributed by atoms with Crippen molar-refractivity contribution < 1.29 is 35.2 Å². The Morgan fingerprint density at radius 2 is 1.81 bits per heavy atom. The minimum Gasteiger partial charge on any atom is -1.00 e. The topological polar surface area (TPSA) is 73.3 Å². The average molecular weight is 261 g/mol. The molecule has 6 heteroatoms. The maximum absolute atomic E-state index is 5.68. The van der Waals surface area contributed by atoms with Crippen LogP contribution >= 0.6 is 0 Å². The Labute approximate surface area is 106 Å². The summed E-state index contributed by atoms with van der Waals surface area (Å²) < 4.78 is 1.92. The van der Waals surface area contributed by atoms with Gasteiger partial charge in [-0.1, -0.05) is 35.0 Å². The highest BCUT2D eigenvalue weighted by Gasteiger charge is 2.16. The van der Waals surface area contributed by atoms with E-state index in [-0.39, 0.29) is 24.8 Å². The molecule has 0 unspecified atom stereocenters. The van der Waals surface area contributed by atoms with Crippen LogP contribution in [0.3, 0.4) is 0 Å². The summed E-state index contributed by atoms with van der Waals surface area (Å²) in [6, 6.07) is 10.2. The van der Waals surface area contributed by atoms with Gasteiger partial charge in [0.1, 0.15) is 0 Å². The number of aromatic nitrogens is 2. The van der Waals surface area contributed by atoms with Gasteiger partial charge >= 0.3 is 5.82 Å². The number of nitrogens with two attached hydrogens (primary N) is 1. The summed E-state index contributed by atoms with van der Waals surface area (Å²) in [6.45, 7) is 0.775. The molecule has 0 saturated carbocycles. The first-order chi connectivity index (χ1) is 6.77. The van der Waals surface area contributed by atoms with Crippen LogP contribution in [-0.4, -0.2) is 5.10 Å². The Hall–Kier alpha value is -1.23. The summed E-state index contributed by atoms with van der Waals surface area (Å²) in [7, 11) is 0. The van der Waals surface area contributed by atoms with Crippen molar-refractivity contribution in [2.45, 2.75) is 6.54 Å². The average Bonchev–Trinajstić information content (AvgIpc) is 2.52. The minimum atomic E-state index is 0. The molecule has 88 valence electrons. The van der Waals surface area contributed by atoms with E-state index in [4.69, 9.17) is 5.73 Å². The summed E-state index contributed by atoms with van der Waals surface area (Å²) >= 11 is 0. The van der Waals surface area contributed by atoms with E-state index in [0.717, 1.165) is 12.4 Å². The zero-order valence-electron chi connectivity index (χ0n) is 8.66. The lowest BCUT2D eigenvalue weighted by Gasteiger charge is -1.93. The van der Waals surface area contributed by atoms with E-state index in [1.807, 2.05) is 22.9 Å². The zero-order valence-corrected chi connectivity index (χ0v) is 10.2. The highest BCUT2D eigenvalue weighted by atomic mass is 35.5. The molecule has 1 heterocycles. The third-order valence-corrected chi connectivity index (χ3v) is 2.22. The molecular weight excluding hydrogens is 247 g/mol. The standard InChI is InChI=1S/C10H12N4.2ClH/c11-9-6-13-14(10(9)12)7-8-4-2-1-3-5-8;;/h1-6H,7,11H2,(H2,12,13);2*1H. The van der Waals surface area contributed by atoms with Gasteiger partial charge in [0.25, 0.3) is 0 Å². The molecule has 6 N–H and O–H groups in total. The summed E-state index contributed by atoms with van der Waals surface area (Å²) in [5, 5.41) is 3.05. The lowest BCUT2D eigenvalue weighted by molar-refractivity contribution is -0.764. The van der Waals surface area contributed by atoms with E-state index in [1.165, 1.54) is 5.56 Å². The Morgan fingerprint density at radius 3 is 2.31 bits per heavy atom. The maximum Gasteiger partial charge on any atom is 0.412 e. The monoisotopic (exact) mass is 260 g/mol. The van der Waals surface area contributed by atoms with Crippen molar-refractivity contribution in [3.05, 3.63) is 42.1 Å². The number of rotatable bonds is 2. The van der Waals surface area contributed by atoms with Crippen molar-refractivity contribution in [1.29, 1.82) is 0 Å². The van der Waals surface area contributed by atoms with Gasteiger partial charge in [0.15, 0.2) is 5.69 Å². The van der Waals surface area contributed by atoms with Crippen molar-refractivity contribution in [3.8, 4) is 0 Å². The first-order valence-corrected chi connectivity index (χ1v) is 4.50. The molecule has 4 nitrogen and oxygen atoms in total. The van der Waals surface area contributed by atoms with Gasteiger partial charge < -0.3 is 30.5 Å². The minimum absolute atomic E-state index is 0. The molecule has 0 spiro atoms. The van der Waals surface area contributed by atoms with Crippen molar-refractivity contribution in [3.63, 3.8) is 0 Å². The highest BCUT2D eigenvalue weighted by molar-refractivity contribution is 5.46. The quantitative estimate of drug-likeness (QED) is 0.462. The fourth-order valence-corrected chi connectivity index (χ4v) is 1.37. The predicted octanol–water partition coefficient (Wildman–Crippen LogP) is -6.19. The van der Waals surface area contributed by atoms with E-state index in [1.54, 1.807) is 6.20 Å². The number of quaternary nitrogens is 1. The summed E-state index contributed by atoms with van der Waals surface area (Å²) in [5.41, 5.74) is 11.5. The van der Waals surface area contributed by atoms with Crippen LogP contribution in [0.1, 0.15) is 5.56 Å². The SMILES string of the molecule is Nc1c[nH][n+](Cc2ccccc2)c1[NH3+].[Cl-].[Cl-]. The number of H-pyrrole nitrogens is 1. The van der Waals surface area contributed by atoms with Gasteiger partial charge in [-0.15, -0.1) is 0 Å². The molecule has 0 aliphatic heterocycles. The Morgan fingerprint density at radius 1 is 1.19 bits per heavy atom. The molecule has 0 amide bonds. The fraction of sp³-hybridized carbons (Fsp3) is 0.100. The first-order valence-electron chi connectivity index (χ1n) is 4.50. The number of benzene rings is 1. The lowest BCUT2D eigenvalue weighted by atomic mass is 10.2. The Balaban J connectivity index is 0.00000112. The third-order valence-electron chi connectivity index (χ3n) is 2.22. The highest BCUT2D eigenvalue weighted by Crippen LogP contribution is 2.05. The number of nitrogens with zero attached hydrogens (tertiary/aromatic N) is 1.